The number of para-hydroxylation sites is 1. The lowest BCUT2D eigenvalue weighted by atomic mass is 9.73. The largest absolute Gasteiger partial charge is 0.398 e. The number of urea groups is 1. The highest BCUT2D eigenvalue weighted by Gasteiger charge is 2.43. The fourth-order valence-electron chi connectivity index (χ4n) is 5.65. The van der Waals surface area contributed by atoms with Crippen molar-refractivity contribution in [2.24, 2.45) is 11.7 Å². The summed E-state index contributed by atoms with van der Waals surface area (Å²) >= 11 is 0. The number of anilines is 2. The first-order valence-electron chi connectivity index (χ1n) is 12.6. The van der Waals surface area contributed by atoms with Crippen molar-refractivity contribution >= 4 is 33.3 Å². The van der Waals surface area contributed by atoms with Crippen molar-refractivity contribution in [1.29, 1.82) is 5.41 Å². The summed E-state index contributed by atoms with van der Waals surface area (Å²) in [5.41, 5.74) is 12.5. The maximum Gasteiger partial charge on any atom is 0.319 e. The molecule has 1 aliphatic carbocycles. The Bertz CT molecular complexity index is 1200. The first-order valence-corrected chi connectivity index (χ1v) is 14.0. The van der Waals surface area contributed by atoms with E-state index in [1.54, 1.807) is 48.5 Å². The van der Waals surface area contributed by atoms with E-state index in [0.717, 1.165) is 38.5 Å². The van der Waals surface area contributed by atoms with Gasteiger partial charge < -0.3 is 22.1 Å². The molecule has 2 aliphatic rings. The molecule has 0 unspecified atom stereocenters. The minimum atomic E-state index is -3.67. The van der Waals surface area contributed by atoms with Crippen LogP contribution in [0.15, 0.2) is 53.4 Å². The van der Waals surface area contributed by atoms with Gasteiger partial charge in [0.1, 0.15) is 10.7 Å². The van der Waals surface area contributed by atoms with E-state index in [4.69, 9.17) is 16.9 Å². The van der Waals surface area contributed by atoms with E-state index >= 15 is 0 Å². The molecule has 1 saturated heterocycles. The van der Waals surface area contributed by atoms with Crippen LogP contribution < -0.4 is 22.1 Å². The number of carbonyl (C=O) groups excluding carboxylic acids is 1. The average Bonchev–Trinajstić information content (AvgIpc) is 3.10. The molecule has 36 heavy (non-hydrogen) atoms. The Morgan fingerprint density at radius 3 is 2.31 bits per heavy atom. The molecule has 2 aromatic rings. The first-order chi connectivity index (χ1) is 17.2. The SMILES string of the molecule is N=C(N)c1cccc(NC(=O)NC2(C3CCN(S(=O)(=O)c4ccccc4N)CC3)CCCCCC2)c1. The second kappa shape index (κ2) is 10.9. The van der Waals surface area contributed by atoms with Gasteiger partial charge in [0.15, 0.2) is 0 Å². The summed E-state index contributed by atoms with van der Waals surface area (Å²) < 4.78 is 28.0. The fraction of sp³-hybridized carbons (Fsp3) is 0.462. The van der Waals surface area contributed by atoms with Crippen molar-refractivity contribution in [3.05, 3.63) is 54.1 Å². The van der Waals surface area contributed by atoms with E-state index < -0.39 is 10.0 Å². The van der Waals surface area contributed by atoms with Crippen LogP contribution in [0.2, 0.25) is 0 Å². The maximum absolute atomic E-state index is 13.2. The van der Waals surface area contributed by atoms with E-state index in [1.807, 2.05) is 0 Å². The second-order valence-electron chi connectivity index (χ2n) is 9.86. The summed E-state index contributed by atoms with van der Waals surface area (Å²) in [5.74, 6) is 0.114. The number of nitrogen functional groups attached to an aromatic ring is 2. The average molecular weight is 513 g/mol. The summed E-state index contributed by atoms with van der Waals surface area (Å²) in [6.45, 7) is 0.792. The molecule has 0 atom stereocenters. The first kappa shape index (κ1) is 26.0. The van der Waals surface area contributed by atoms with Crippen LogP contribution >= 0.6 is 0 Å². The smallest absolute Gasteiger partial charge is 0.319 e. The topological polar surface area (TPSA) is 154 Å². The summed E-state index contributed by atoms with van der Waals surface area (Å²) in [6.07, 6.45) is 7.41. The quantitative estimate of drug-likeness (QED) is 0.172. The molecular weight excluding hydrogens is 476 g/mol. The number of nitrogens with zero attached hydrogens (tertiary/aromatic N) is 1. The van der Waals surface area contributed by atoms with Gasteiger partial charge in [-0.25, -0.2) is 13.2 Å². The van der Waals surface area contributed by atoms with Crippen LogP contribution in [0.3, 0.4) is 0 Å². The molecule has 2 amide bonds. The fourth-order valence-corrected chi connectivity index (χ4v) is 7.24. The van der Waals surface area contributed by atoms with Crippen molar-refractivity contribution in [3.8, 4) is 0 Å². The molecule has 0 aromatic heterocycles. The number of nitrogens with two attached hydrogens (primary N) is 2. The van der Waals surface area contributed by atoms with Gasteiger partial charge in [0.05, 0.1) is 5.69 Å². The molecule has 0 spiro atoms. The number of amides is 2. The zero-order valence-corrected chi connectivity index (χ0v) is 21.3. The van der Waals surface area contributed by atoms with Gasteiger partial charge in [-0.05, 0) is 55.9 Å². The Hall–Kier alpha value is -3.11. The molecule has 194 valence electrons. The summed E-state index contributed by atoms with van der Waals surface area (Å²) in [7, 11) is -3.67. The Balaban J connectivity index is 1.48. The van der Waals surface area contributed by atoms with E-state index in [1.165, 1.54) is 4.31 Å². The van der Waals surface area contributed by atoms with Crippen molar-refractivity contribution in [2.75, 3.05) is 24.1 Å². The number of carbonyl (C=O) groups is 1. The van der Waals surface area contributed by atoms with E-state index in [0.29, 0.717) is 37.2 Å². The van der Waals surface area contributed by atoms with Crippen LogP contribution in [0.1, 0.15) is 56.9 Å². The van der Waals surface area contributed by atoms with E-state index in [9.17, 15) is 13.2 Å². The highest BCUT2D eigenvalue weighted by molar-refractivity contribution is 7.89. The summed E-state index contributed by atoms with van der Waals surface area (Å²) in [6, 6.07) is 13.2. The van der Waals surface area contributed by atoms with Gasteiger partial charge in [0.25, 0.3) is 0 Å². The van der Waals surface area contributed by atoms with Gasteiger partial charge in [0.2, 0.25) is 10.0 Å². The Kier molecular flexibility index (Phi) is 7.85. The number of amidine groups is 1. The lowest BCUT2D eigenvalue weighted by molar-refractivity contribution is 0.130. The zero-order valence-electron chi connectivity index (χ0n) is 20.5. The predicted octanol–water partition coefficient (Wildman–Crippen LogP) is 3.87. The second-order valence-corrected chi connectivity index (χ2v) is 11.8. The number of sulfonamides is 1. The summed E-state index contributed by atoms with van der Waals surface area (Å²) in [4.78, 5) is 13.3. The number of piperidine rings is 1. The van der Waals surface area contributed by atoms with Crippen molar-refractivity contribution in [2.45, 2.75) is 61.8 Å². The highest BCUT2D eigenvalue weighted by atomic mass is 32.2. The molecule has 2 fully saturated rings. The van der Waals surface area contributed by atoms with Gasteiger partial charge in [0, 0.05) is 29.9 Å². The molecule has 10 heteroatoms. The third-order valence-corrected chi connectivity index (χ3v) is 9.53. The van der Waals surface area contributed by atoms with Crippen LogP contribution in [0.4, 0.5) is 16.2 Å². The van der Waals surface area contributed by atoms with Crippen LogP contribution in [-0.2, 0) is 10.0 Å². The number of hydrogen-bond donors (Lipinski definition) is 5. The minimum Gasteiger partial charge on any atom is -0.398 e. The molecule has 9 nitrogen and oxygen atoms in total. The van der Waals surface area contributed by atoms with Crippen LogP contribution in [0, 0.1) is 11.3 Å². The Morgan fingerprint density at radius 2 is 1.67 bits per heavy atom. The predicted molar refractivity (Wildman–Crippen MR) is 142 cm³/mol. The van der Waals surface area contributed by atoms with Crippen molar-refractivity contribution < 1.29 is 13.2 Å². The molecule has 2 aromatic carbocycles. The standard InChI is InChI=1S/C26H36N6O3S/c27-22-10-3-4-11-23(22)36(34,35)32-16-12-20(13-17-32)26(14-5-1-2-6-15-26)31-25(33)30-21-9-7-8-19(18-21)24(28)29/h3-4,7-11,18,20H,1-2,5-6,12-17,27H2,(H3,28,29)(H2,30,31,33). The third kappa shape index (κ3) is 5.65. The molecule has 0 radical (unpaired) electrons. The molecule has 1 saturated carbocycles. The Labute approximate surface area is 213 Å². The number of rotatable bonds is 6. The van der Waals surface area contributed by atoms with Gasteiger partial charge in [-0.15, -0.1) is 0 Å². The lowest BCUT2D eigenvalue weighted by Gasteiger charge is -2.45. The van der Waals surface area contributed by atoms with E-state index in [2.05, 4.69) is 10.6 Å². The lowest BCUT2D eigenvalue weighted by Crippen LogP contribution is -2.57. The molecular formula is C26H36N6O3S. The molecule has 1 aliphatic heterocycles. The number of hydrogen-bond acceptors (Lipinski definition) is 5. The molecule has 7 N–H and O–H groups in total. The minimum absolute atomic E-state index is 0.0572. The third-order valence-electron chi connectivity index (χ3n) is 7.56. The maximum atomic E-state index is 13.2. The molecule has 4 rings (SSSR count). The van der Waals surface area contributed by atoms with Crippen LogP contribution in [0.5, 0.6) is 0 Å². The van der Waals surface area contributed by atoms with Gasteiger partial charge in [-0.2, -0.15) is 4.31 Å². The zero-order chi connectivity index (χ0) is 25.8. The van der Waals surface area contributed by atoms with Crippen molar-refractivity contribution in [3.63, 3.8) is 0 Å². The van der Waals surface area contributed by atoms with Gasteiger partial charge >= 0.3 is 6.03 Å². The Morgan fingerprint density at radius 1 is 1.00 bits per heavy atom. The van der Waals surface area contributed by atoms with E-state index in [-0.39, 0.29) is 33.9 Å². The number of benzene rings is 2. The van der Waals surface area contributed by atoms with Gasteiger partial charge in [-0.1, -0.05) is 49.9 Å². The number of nitrogens with one attached hydrogen (secondary N) is 3. The van der Waals surface area contributed by atoms with Crippen LogP contribution in [-0.4, -0.2) is 43.2 Å². The molecule has 0 bridgehead atoms. The van der Waals surface area contributed by atoms with Crippen molar-refractivity contribution in [1.82, 2.24) is 9.62 Å². The summed E-state index contributed by atoms with van der Waals surface area (Å²) in [5, 5.41) is 13.8. The van der Waals surface area contributed by atoms with Gasteiger partial charge in [-0.3, -0.25) is 5.41 Å². The normalized spacial score (nSPS) is 19.2. The van der Waals surface area contributed by atoms with Crippen LogP contribution in [0.25, 0.3) is 0 Å². The highest BCUT2D eigenvalue weighted by Crippen LogP contribution is 2.40. The monoisotopic (exact) mass is 512 g/mol. The molecule has 1 heterocycles.